The second kappa shape index (κ2) is 11.9. The van der Waals surface area contributed by atoms with Crippen molar-refractivity contribution < 1.29 is 18.7 Å². The molecular weight excluding hydrogens is 499 g/mol. The van der Waals surface area contributed by atoms with Crippen LogP contribution in [0, 0.1) is 11.2 Å². The molecular formula is C29H35FN6O3. The normalized spacial score (nSPS) is 20.3. The van der Waals surface area contributed by atoms with Gasteiger partial charge in [-0.05, 0) is 44.0 Å². The van der Waals surface area contributed by atoms with Crippen molar-refractivity contribution in [2.24, 2.45) is 5.41 Å². The van der Waals surface area contributed by atoms with Crippen LogP contribution in [0.3, 0.4) is 0 Å². The van der Waals surface area contributed by atoms with Gasteiger partial charge in [0.25, 0.3) is 0 Å². The maximum Gasteiger partial charge on any atom is 0.242 e. The van der Waals surface area contributed by atoms with Gasteiger partial charge >= 0.3 is 0 Å². The third-order valence-corrected chi connectivity index (χ3v) is 7.82. The Kier molecular flexibility index (Phi) is 8.21. The topological polar surface area (TPSA) is 101 Å². The molecule has 3 aromatic rings. The van der Waals surface area contributed by atoms with Gasteiger partial charge in [-0.2, -0.15) is 0 Å². The monoisotopic (exact) mass is 534 g/mol. The molecule has 2 bridgehead atoms. The molecule has 3 heterocycles. The van der Waals surface area contributed by atoms with Crippen LogP contribution in [0.15, 0.2) is 54.7 Å². The fourth-order valence-corrected chi connectivity index (χ4v) is 5.47. The summed E-state index contributed by atoms with van der Waals surface area (Å²) in [5.74, 6) is -0.160. The molecule has 2 N–H and O–H groups in total. The van der Waals surface area contributed by atoms with Crippen molar-refractivity contribution in [3.8, 4) is 5.75 Å². The van der Waals surface area contributed by atoms with Gasteiger partial charge in [-0.15, -0.1) is 5.10 Å². The van der Waals surface area contributed by atoms with Gasteiger partial charge in [-0.3, -0.25) is 19.2 Å². The van der Waals surface area contributed by atoms with E-state index in [0.29, 0.717) is 76.1 Å². The molecule has 1 spiro atoms. The van der Waals surface area contributed by atoms with Gasteiger partial charge in [0, 0.05) is 50.3 Å². The molecule has 9 nitrogen and oxygen atoms in total. The molecule has 39 heavy (non-hydrogen) atoms. The molecule has 2 aliphatic heterocycles. The maximum absolute atomic E-state index is 14.6. The van der Waals surface area contributed by atoms with Crippen LogP contribution in [-0.2, 0) is 35.5 Å². The Labute approximate surface area is 227 Å². The Morgan fingerprint density at radius 1 is 1.10 bits per heavy atom. The first-order valence-electron chi connectivity index (χ1n) is 13.5. The molecule has 1 atom stereocenters. The van der Waals surface area contributed by atoms with Gasteiger partial charge in [0.15, 0.2) is 0 Å². The van der Waals surface area contributed by atoms with E-state index in [2.05, 4.69) is 25.8 Å². The third kappa shape index (κ3) is 6.44. The predicted molar refractivity (Wildman–Crippen MR) is 143 cm³/mol. The average Bonchev–Trinajstić information content (AvgIpc) is 3.39. The highest BCUT2D eigenvalue weighted by atomic mass is 19.1. The second-order valence-corrected chi connectivity index (χ2v) is 10.5. The molecule has 1 fully saturated rings. The Morgan fingerprint density at radius 2 is 1.90 bits per heavy atom. The van der Waals surface area contributed by atoms with Crippen LogP contribution in [0.2, 0.25) is 0 Å². The summed E-state index contributed by atoms with van der Waals surface area (Å²) in [6, 6.07) is 13.9. The molecule has 0 unspecified atom stereocenters. The molecule has 0 saturated carbocycles. The minimum absolute atomic E-state index is 0.150. The van der Waals surface area contributed by atoms with Crippen molar-refractivity contribution in [2.45, 2.75) is 51.2 Å². The molecule has 1 aromatic heterocycles. The van der Waals surface area contributed by atoms with Crippen LogP contribution in [0.25, 0.3) is 0 Å². The Balaban J connectivity index is 1.36. The van der Waals surface area contributed by atoms with Gasteiger partial charge in [0.1, 0.15) is 17.6 Å². The standard InChI is InChI=1S/C29H35FN6O3/c1-39-24-9-8-22(25(30)17-24)19-35-14-10-29(11-15-35)18-23-20-36(34-33-23)13-5-12-31-27(37)26(32-28(29)38)16-21-6-3-2-4-7-21/h2-4,6-9,17,20,26H,5,10-16,18-19H2,1H3,(H,31,37)(H,32,38)/t26-/m0/s1. The van der Waals surface area contributed by atoms with Crippen molar-refractivity contribution in [3.63, 3.8) is 0 Å². The van der Waals surface area contributed by atoms with E-state index in [4.69, 9.17) is 4.74 Å². The first-order valence-corrected chi connectivity index (χ1v) is 13.5. The fraction of sp³-hybridized carbons (Fsp3) is 0.448. The number of nitrogens with zero attached hydrogens (tertiary/aromatic N) is 4. The van der Waals surface area contributed by atoms with Gasteiger partial charge in [-0.1, -0.05) is 41.6 Å². The SMILES string of the molecule is COc1ccc(CN2CCC3(CC2)Cc2cn(nn2)CCCNC(=O)[C@H](Cc2ccccc2)NC3=O)c(F)c1. The summed E-state index contributed by atoms with van der Waals surface area (Å²) in [4.78, 5) is 29.4. The van der Waals surface area contributed by atoms with Gasteiger partial charge in [-0.25, -0.2) is 4.39 Å². The molecule has 2 amide bonds. The van der Waals surface area contributed by atoms with Crippen molar-refractivity contribution in [3.05, 3.63) is 77.4 Å². The number of hydrogen-bond acceptors (Lipinski definition) is 6. The van der Waals surface area contributed by atoms with Crippen LogP contribution in [-0.4, -0.2) is 64.5 Å². The van der Waals surface area contributed by atoms with E-state index in [-0.39, 0.29) is 17.6 Å². The molecule has 2 aromatic carbocycles. The number of rotatable bonds is 5. The number of benzene rings is 2. The van der Waals surface area contributed by atoms with Gasteiger partial charge in [0.2, 0.25) is 11.8 Å². The van der Waals surface area contributed by atoms with E-state index in [1.54, 1.807) is 16.8 Å². The molecule has 2 aliphatic rings. The van der Waals surface area contributed by atoms with E-state index in [0.717, 1.165) is 11.3 Å². The van der Waals surface area contributed by atoms with Gasteiger partial charge in [0.05, 0.1) is 18.2 Å². The van der Waals surface area contributed by atoms with Crippen molar-refractivity contribution in [1.82, 2.24) is 30.5 Å². The van der Waals surface area contributed by atoms with Crippen LogP contribution in [0.1, 0.15) is 36.1 Å². The number of halogens is 1. The second-order valence-electron chi connectivity index (χ2n) is 10.5. The van der Waals surface area contributed by atoms with E-state index in [1.165, 1.54) is 13.2 Å². The number of carbonyl (C=O) groups is 2. The number of aryl methyl sites for hydroxylation is 1. The lowest BCUT2D eigenvalue weighted by molar-refractivity contribution is -0.137. The van der Waals surface area contributed by atoms with Gasteiger partial charge < -0.3 is 15.4 Å². The number of likely N-dealkylation sites (tertiary alicyclic amines) is 1. The summed E-state index contributed by atoms with van der Waals surface area (Å²) in [7, 11) is 1.51. The summed E-state index contributed by atoms with van der Waals surface area (Å²) in [5.41, 5.74) is 1.58. The summed E-state index contributed by atoms with van der Waals surface area (Å²) in [6.45, 7) is 2.79. The molecule has 0 radical (unpaired) electrons. The number of aromatic nitrogens is 3. The summed E-state index contributed by atoms with van der Waals surface area (Å²) >= 11 is 0. The molecule has 5 rings (SSSR count). The lowest BCUT2D eigenvalue weighted by atomic mass is 9.73. The number of ether oxygens (including phenoxy) is 1. The minimum atomic E-state index is -0.751. The van der Waals surface area contributed by atoms with Crippen LogP contribution >= 0.6 is 0 Å². The highest BCUT2D eigenvalue weighted by Crippen LogP contribution is 2.36. The Morgan fingerprint density at radius 3 is 2.64 bits per heavy atom. The van der Waals surface area contributed by atoms with E-state index in [9.17, 15) is 14.0 Å². The number of piperidine rings is 1. The molecule has 206 valence electrons. The van der Waals surface area contributed by atoms with Crippen molar-refractivity contribution in [2.75, 3.05) is 26.7 Å². The zero-order chi connectivity index (χ0) is 27.2. The Bertz CT molecular complexity index is 1290. The molecule has 0 aliphatic carbocycles. The smallest absolute Gasteiger partial charge is 0.242 e. The summed E-state index contributed by atoms with van der Waals surface area (Å²) in [6.07, 6.45) is 4.57. The number of fused-ring (bicyclic) bond motifs is 2. The summed E-state index contributed by atoms with van der Waals surface area (Å²) < 4.78 is 21.5. The lowest BCUT2D eigenvalue weighted by Gasteiger charge is -2.41. The average molecular weight is 535 g/mol. The molecule has 10 heteroatoms. The third-order valence-electron chi connectivity index (χ3n) is 7.82. The minimum Gasteiger partial charge on any atom is -0.497 e. The maximum atomic E-state index is 14.6. The van der Waals surface area contributed by atoms with E-state index >= 15 is 0 Å². The zero-order valence-corrected chi connectivity index (χ0v) is 22.2. The Hall–Kier alpha value is -3.79. The van der Waals surface area contributed by atoms with Crippen LogP contribution < -0.4 is 15.4 Å². The number of methoxy groups -OCH3 is 1. The summed E-state index contributed by atoms with van der Waals surface area (Å²) in [5, 5.41) is 14.7. The quantitative estimate of drug-likeness (QED) is 0.522. The lowest BCUT2D eigenvalue weighted by Crippen LogP contribution is -2.56. The largest absolute Gasteiger partial charge is 0.497 e. The molecule has 1 saturated heterocycles. The first kappa shape index (κ1) is 26.8. The zero-order valence-electron chi connectivity index (χ0n) is 22.2. The highest BCUT2D eigenvalue weighted by Gasteiger charge is 2.43. The van der Waals surface area contributed by atoms with Crippen LogP contribution in [0.5, 0.6) is 5.75 Å². The van der Waals surface area contributed by atoms with Crippen LogP contribution in [0.4, 0.5) is 4.39 Å². The van der Waals surface area contributed by atoms with E-state index in [1.807, 2.05) is 36.5 Å². The number of amides is 2. The fourth-order valence-electron chi connectivity index (χ4n) is 5.47. The number of nitrogens with one attached hydrogen (secondary N) is 2. The predicted octanol–water partition coefficient (Wildman–Crippen LogP) is 2.50. The van der Waals surface area contributed by atoms with Crippen molar-refractivity contribution in [1.29, 1.82) is 0 Å². The highest BCUT2D eigenvalue weighted by molar-refractivity contribution is 5.90. The number of carbonyl (C=O) groups excluding carboxylic acids is 2. The van der Waals surface area contributed by atoms with E-state index < -0.39 is 11.5 Å². The first-order chi connectivity index (χ1) is 18.9. The van der Waals surface area contributed by atoms with Crippen molar-refractivity contribution >= 4 is 11.8 Å². The number of hydrogen-bond donors (Lipinski definition) is 2.